The van der Waals surface area contributed by atoms with Crippen molar-refractivity contribution in [3.63, 3.8) is 0 Å². The lowest BCUT2D eigenvalue weighted by molar-refractivity contribution is -0.127. The molecule has 1 aliphatic heterocycles. The molecule has 1 amide bonds. The molecule has 5 aromatic rings. The van der Waals surface area contributed by atoms with Crippen LogP contribution in [0.5, 0.6) is 17.2 Å². The number of allylic oxidation sites excluding steroid dienone is 1. The van der Waals surface area contributed by atoms with Gasteiger partial charge in [-0.2, -0.15) is 0 Å². The quantitative estimate of drug-likeness (QED) is 0.168. The number of thiazole rings is 1. The minimum atomic E-state index is -0.774. The summed E-state index contributed by atoms with van der Waals surface area (Å²) >= 11 is 7.98. The number of carbonyl (C=O) groups is 1. The summed E-state index contributed by atoms with van der Waals surface area (Å²) in [4.78, 5) is 35.8. The topological polar surface area (TPSA) is 82.4 Å². The molecule has 1 atom stereocenters. The first-order valence-corrected chi connectivity index (χ1v) is 16.9. The highest BCUT2D eigenvalue weighted by Gasteiger charge is 2.36. The van der Waals surface area contributed by atoms with Crippen LogP contribution in [0.1, 0.15) is 43.5 Å². The van der Waals surface area contributed by atoms with E-state index in [1.54, 1.807) is 41.9 Å². The lowest BCUT2D eigenvalue weighted by Crippen LogP contribution is -2.43. The second-order valence-electron chi connectivity index (χ2n) is 11.3. The predicted octanol–water partition coefficient (Wildman–Crippen LogP) is 6.51. The van der Waals surface area contributed by atoms with Crippen LogP contribution in [0.15, 0.2) is 99.9 Å². The van der Waals surface area contributed by atoms with Crippen LogP contribution in [0.4, 0.5) is 0 Å². The Bertz CT molecular complexity index is 2220. The van der Waals surface area contributed by atoms with E-state index in [1.165, 1.54) is 11.3 Å². The molecule has 0 saturated heterocycles. The minimum Gasteiger partial charge on any atom is -0.496 e. The van der Waals surface area contributed by atoms with Gasteiger partial charge in [0.05, 0.1) is 35.0 Å². The number of rotatable bonds is 10. The maximum absolute atomic E-state index is 14.5. The zero-order valence-corrected chi connectivity index (χ0v) is 29.0. The van der Waals surface area contributed by atoms with E-state index in [0.717, 1.165) is 21.9 Å². The highest BCUT2D eigenvalue weighted by atomic mass is 35.5. The zero-order valence-electron chi connectivity index (χ0n) is 27.5. The maximum Gasteiger partial charge on any atom is 0.271 e. The molecule has 6 rings (SSSR count). The molecule has 1 aliphatic rings. The van der Waals surface area contributed by atoms with Gasteiger partial charge in [0.2, 0.25) is 0 Å². The molecule has 1 aromatic heterocycles. The highest BCUT2D eigenvalue weighted by molar-refractivity contribution is 7.07. The molecule has 48 heavy (non-hydrogen) atoms. The van der Waals surface area contributed by atoms with Gasteiger partial charge in [-0.25, -0.2) is 4.99 Å². The number of halogens is 1. The lowest BCUT2D eigenvalue weighted by atomic mass is 9.90. The van der Waals surface area contributed by atoms with Crippen molar-refractivity contribution >= 4 is 45.7 Å². The summed E-state index contributed by atoms with van der Waals surface area (Å²) in [5.41, 5.74) is 3.10. The van der Waals surface area contributed by atoms with Crippen LogP contribution in [-0.4, -0.2) is 42.7 Å². The Balaban J connectivity index is 1.52. The Morgan fingerprint density at radius 3 is 2.40 bits per heavy atom. The van der Waals surface area contributed by atoms with E-state index in [0.29, 0.717) is 68.1 Å². The number of methoxy groups -OCH3 is 2. The van der Waals surface area contributed by atoms with Gasteiger partial charge in [-0.1, -0.05) is 83.6 Å². The molecule has 0 radical (unpaired) electrons. The fraction of sp³-hybridized carbons (Fsp3) is 0.237. The molecule has 0 fully saturated rings. The van der Waals surface area contributed by atoms with E-state index >= 15 is 0 Å². The van der Waals surface area contributed by atoms with Gasteiger partial charge < -0.3 is 19.1 Å². The predicted molar refractivity (Wildman–Crippen MR) is 191 cm³/mol. The average Bonchev–Trinajstić information content (AvgIpc) is 3.40. The van der Waals surface area contributed by atoms with E-state index in [9.17, 15) is 9.59 Å². The van der Waals surface area contributed by atoms with Crippen molar-refractivity contribution in [3.05, 3.63) is 132 Å². The molecule has 0 unspecified atom stereocenters. The molecule has 2 heterocycles. The van der Waals surface area contributed by atoms with Gasteiger partial charge in [0, 0.05) is 18.7 Å². The Morgan fingerprint density at radius 1 is 0.979 bits per heavy atom. The third kappa shape index (κ3) is 6.11. The summed E-state index contributed by atoms with van der Waals surface area (Å²) in [5.74, 6) is 1.27. The molecule has 0 N–H and O–H groups in total. The van der Waals surface area contributed by atoms with Crippen molar-refractivity contribution in [2.45, 2.75) is 33.4 Å². The van der Waals surface area contributed by atoms with Crippen LogP contribution < -0.4 is 29.1 Å². The molecule has 0 bridgehead atoms. The normalized spacial score (nSPS) is 14.5. The van der Waals surface area contributed by atoms with E-state index in [1.807, 2.05) is 87.5 Å². The third-order valence-corrected chi connectivity index (χ3v) is 9.77. The van der Waals surface area contributed by atoms with Crippen molar-refractivity contribution in [1.29, 1.82) is 0 Å². The summed E-state index contributed by atoms with van der Waals surface area (Å²) in [7, 11) is 3.15. The number of fused-ring (bicyclic) bond motifs is 2. The first-order chi connectivity index (χ1) is 23.3. The van der Waals surface area contributed by atoms with Gasteiger partial charge in [-0.15, -0.1) is 0 Å². The summed E-state index contributed by atoms with van der Waals surface area (Å²) in [6.07, 6.45) is 1.77. The highest BCUT2D eigenvalue weighted by Crippen LogP contribution is 2.41. The zero-order chi connectivity index (χ0) is 33.9. The smallest absolute Gasteiger partial charge is 0.271 e. The van der Waals surface area contributed by atoms with E-state index in [-0.39, 0.29) is 11.5 Å². The number of aromatic nitrogens is 1. The number of ether oxygens (including phenoxy) is 3. The van der Waals surface area contributed by atoms with Crippen LogP contribution in [-0.2, 0) is 11.4 Å². The second-order valence-corrected chi connectivity index (χ2v) is 12.7. The molecule has 8 nitrogen and oxygen atoms in total. The van der Waals surface area contributed by atoms with Crippen molar-refractivity contribution in [1.82, 2.24) is 9.47 Å². The van der Waals surface area contributed by atoms with Crippen molar-refractivity contribution < 1.29 is 19.0 Å². The number of nitrogens with zero attached hydrogens (tertiary/aromatic N) is 3. The SMILES string of the molecule is CCN(CC)C(=O)C1=C(C)N=c2s/c(=C/c3cc(Cl)c(OCc4ccccc4)c(OC)c3)c(=O)n2[C@@H]1c1c(OC)ccc2ccccc12. The molecule has 4 aromatic carbocycles. The van der Waals surface area contributed by atoms with Gasteiger partial charge in [0.15, 0.2) is 16.3 Å². The van der Waals surface area contributed by atoms with Crippen LogP contribution in [0.3, 0.4) is 0 Å². The Labute approximate surface area is 287 Å². The largest absolute Gasteiger partial charge is 0.496 e. The molecule has 0 spiro atoms. The fourth-order valence-electron chi connectivity index (χ4n) is 6.13. The van der Waals surface area contributed by atoms with Gasteiger partial charge in [-0.05, 0) is 66.9 Å². The van der Waals surface area contributed by atoms with Gasteiger partial charge in [0.1, 0.15) is 18.4 Å². The molecular weight excluding hydrogens is 646 g/mol. The standard InChI is InChI=1S/C38H36ClN3O5S/c1-6-41(7-2)37(44)32-23(3)40-38-42(34(32)33-27-16-12-11-15-26(27)17-18-29(33)45-4)36(43)31(48-38)21-25-19-28(39)35(30(20-25)46-5)47-22-24-13-9-8-10-14-24/h8-21,34H,6-7,22H2,1-5H3/b31-21+/t34-/m0/s1. The summed E-state index contributed by atoms with van der Waals surface area (Å²) < 4.78 is 19.6. The van der Waals surface area contributed by atoms with Crippen LogP contribution >= 0.6 is 22.9 Å². The minimum absolute atomic E-state index is 0.168. The maximum atomic E-state index is 14.5. The summed E-state index contributed by atoms with van der Waals surface area (Å²) in [6.45, 7) is 7.07. The number of hydrogen-bond donors (Lipinski definition) is 0. The van der Waals surface area contributed by atoms with E-state index < -0.39 is 6.04 Å². The second kappa shape index (κ2) is 14.1. The summed E-state index contributed by atoms with van der Waals surface area (Å²) in [5, 5.41) is 2.21. The number of hydrogen-bond acceptors (Lipinski definition) is 7. The summed E-state index contributed by atoms with van der Waals surface area (Å²) in [6, 6.07) is 24.3. The average molecular weight is 682 g/mol. The Kier molecular flexibility index (Phi) is 9.71. The number of amides is 1. The van der Waals surface area contributed by atoms with Crippen molar-refractivity contribution in [2.24, 2.45) is 4.99 Å². The number of likely N-dealkylation sites (N-methyl/N-ethyl adjacent to an activating group) is 1. The first kappa shape index (κ1) is 33.1. The van der Waals surface area contributed by atoms with Gasteiger partial charge in [-0.3, -0.25) is 14.2 Å². The third-order valence-electron chi connectivity index (χ3n) is 8.50. The van der Waals surface area contributed by atoms with E-state index in [2.05, 4.69) is 0 Å². The molecule has 10 heteroatoms. The van der Waals surface area contributed by atoms with Crippen molar-refractivity contribution in [3.8, 4) is 17.2 Å². The number of benzene rings is 4. The number of carbonyl (C=O) groups excluding carboxylic acids is 1. The lowest BCUT2D eigenvalue weighted by Gasteiger charge is -2.30. The van der Waals surface area contributed by atoms with Crippen LogP contribution in [0, 0.1) is 0 Å². The Morgan fingerprint density at radius 2 is 1.69 bits per heavy atom. The van der Waals surface area contributed by atoms with Gasteiger partial charge in [0.25, 0.3) is 11.5 Å². The Hall–Kier alpha value is -4.86. The first-order valence-electron chi connectivity index (χ1n) is 15.7. The monoisotopic (exact) mass is 681 g/mol. The fourth-order valence-corrected chi connectivity index (χ4v) is 7.45. The van der Waals surface area contributed by atoms with E-state index in [4.69, 9.17) is 30.8 Å². The van der Waals surface area contributed by atoms with Crippen LogP contribution in [0.25, 0.3) is 16.8 Å². The molecule has 0 aliphatic carbocycles. The molecular formula is C38H36ClN3O5S. The van der Waals surface area contributed by atoms with Crippen LogP contribution in [0.2, 0.25) is 5.02 Å². The molecule has 0 saturated carbocycles. The molecule has 246 valence electrons. The van der Waals surface area contributed by atoms with Gasteiger partial charge >= 0.3 is 0 Å². The van der Waals surface area contributed by atoms with Crippen molar-refractivity contribution in [2.75, 3.05) is 27.3 Å².